The number of hydrogen-bond donors (Lipinski definition) is 1. The molecule has 0 spiro atoms. The summed E-state index contributed by atoms with van der Waals surface area (Å²) >= 11 is 0. The molecule has 0 aromatic rings. The van der Waals surface area contributed by atoms with Crippen molar-refractivity contribution < 1.29 is 4.74 Å². The van der Waals surface area contributed by atoms with Gasteiger partial charge < -0.3 is 4.74 Å². The van der Waals surface area contributed by atoms with E-state index in [4.69, 9.17) is 10.6 Å². The van der Waals surface area contributed by atoms with E-state index in [0.717, 1.165) is 19.7 Å². The zero-order valence-electron chi connectivity index (χ0n) is 6.55. The number of nitrogens with two attached hydrogens (primary N) is 1. The molecule has 1 aliphatic heterocycles. The van der Waals surface area contributed by atoms with Crippen molar-refractivity contribution in [1.82, 2.24) is 5.01 Å². The predicted octanol–water partition coefficient (Wildman–Crippen LogP) is 0.219. The Labute approximate surface area is 62.1 Å². The van der Waals surface area contributed by atoms with Gasteiger partial charge in [-0.1, -0.05) is 0 Å². The SMILES string of the molecule is COC[C@@H]1CCCN(N)C1. The minimum absolute atomic E-state index is 0.656. The van der Waals surface area contributed by atoms with Gasteiger partial charge in [0.25, 0.3) is 0 Å². The first-order chi connectivity index (χ1) is 4.83. The molecule has 1 heterocycles. The van der Waals surface area contributed by atoms with Crippen molar-refractivity contribution in [1.29, 1.82) is 0 Å². The maximum atomic E-state index is 5.63. The second-order valence-electron chi connectivity index (χ2n) is 2.96. The molecule has 10 heavy (non-hydrogen) atoms. The van der Waals surface area contributed by atoms with Crippen LogP contribution >= 0.6 is 0 Å². The van der Waals surface area contributed by atoms with E-state index in [1.807, 2.05) is 5.01 Å². The Morgan fingerprint density at radius 1 is 1.70 bits per heavy atom. The summed E-state index contributed by atoms with van der Waals surface area (Å²) in [6.45, 7) is 2.89. The van der Waals surface area contributed by atoms with Crippen molar-refractivity contribution in [2.45, 2.75) is 12.8 Å². The van der Waals surface area contributed by atoms with E-state index >= 15 is 0 Å². The molecule has 1 saturated heterocycles. The van der Waals surface area contributed by atoms with Crippen molar-refractivity contribution in [3.8, 4) is 0 Å². The maximum absolute atomic E-state index is 5.63. The smallest absolute Gasteiger partial charge is 0.0503 e. The van der Waals surface area contributed by atoms with E-state index in [1.165, 1.54) is 12.8 Å². The van der Waals surface area contributed by atoms with Crippen LogP contribution in [-0.2, 0) is 4.74 Å². The monoisotopic (exact) mass is 144 g/mol. The van der Waals surface area contributed by atoms with Crippen molar-refractivity contribution >= 4 is 0 Å². The van der Waals surface area contributed by atoms with E-state index in [0.29, 0.717) is 5.92 Å². The number of nitrogens with zero attached hydrogens (tertiary/aromatic N) is 1. The fraction of sp³-hybridized carbons (Fsp3) is 1.00. The molecule has 1 fully saturated rings. The molecule has 60 valence electrons. The van der Waals surface area contributed by atoms with Crippen LogP contribution < -0.4 is 5.84 Å². The van der Waals surface area contributed by atoms with Crippen LogP contribution in [0.3, 0.4) is 0 Å². The molecule has 0 aromatic carbocycles. The Balaban J connectivity index is 2.18. The van der Waals surface area contributed by atoms with E-state index in [-0.39, 0.29) is 0 Å². The lowest BCUT2D eigenvalue weighted by molar-refractivity contribution is 0.0910. The summed E-state index contributed by atoms with van der Waals surface area (Å²) in [5.74, 6) is 6.29. The second-order valence-corrected chi connectivity index (χ2v) is 2.96. The number of piperidine rings is 1. The van der Waals surface area contributed by atoms with Gasteiger partial charge in [-0.3, -0.25) is 5.84 Å². The summed E-state index contributed by atoms with van der Waals surface area (Å²) in [5.41, 5.74) is 0. The van der Waals surface area contributed by atoms with Crippen LogP contribution in [0.1, 0.15) is 12.8 Å². The van der Waals surface area contributed by atoms with Crippen molar-refractivity contribution in [3.05, 3.63) is 0 Å². The minimum Gasteiger partial charge on any atom is -0.384 e. The Hall–Kier alpha value is -0.120. The molecule has 3 heteroatoms. The van der Waals surface area contributed by atoms with E-state index in [1.54, 1.807) is 7.11 Å². The highest BCUT2D eigenvalue weighted by Gasteiger charge is 2.16. The van der Waals surface area contributed by atoms with Gasteiger partial charge in [0, 0.05) is 20.2 Å². The largest absolute Gasteiger partial charge is 0.384 e. The summed E-state index contributed by atoms with van der Waals surface area (Å²) < 4.78 is 5.05. The molecular weight excluding hydrogens is 128 g/mol. The third-order valence-corrected chi connectivity index (χ3v) is 1.95. The van der Waals surface area contributed by atoms with Gasteiger partial charge in [-0.15, -0.1) is 0 Å². The van der Waals surface area contributed by atoms with Gasteiger partial charge in [0.1, 0.15) is 0 Å². The molecule has 0 aliphatic carbocycles. The first-order valence-electron chi connectivity index (χ1n) is 3.81. The Bertz CT molecular complexity index is 95.6. The predicted molar refractivity (Wildman–Crippen MR) is 40.4 cm³/mol. The number of rotatable bonds is 2. The lowest BCUT2D eigenvalue weighted by Gasteiger charge is -2.28. The van der Waals surface area contributed by atoms with Gasteiger partial charge in [0.05, 0.1) is 6.61 Å². The number of hydrazine groups is 1. The van der Waals surface area contributed by atoms with Gasteiger partial charge in [0.2, 0.25) is 0 Å². The lowest BCUT2D eigenvalue weighted by atomic mass is 10.0. The molecule has 0 amide bonds. The molecule has 0 saturated carbocycles. The molecule has 0 unspecified atom stereocenters. The highest BCUT2D eigenvalue weighted by Crippen LogP contribution is 2.13. The van der Waals surface area contributed by atoms with E-state index in [9.17, 15) is 0 Å². The topological polar surface area (TPSA) is 38.5 Å². The average molecular weight is 144 g/mol. The third-order valence-electron chi connectivity index (χ3n) is 1.95. The molecule has 3 nitrogen and oxygen atoms in total. The zero-order valence-corrected chi connectivity index (χ0v) is 6.55. The van der Waals surface area contributed by atoms with Gasteiger partial charge in [0.15, 0.2) is 0 Å². The maximum Gasteiger partial charge on any atom is 0.0503 e. The molecule has 1 aliphatic rings. The molecular formula is C7H16N2O. The summed E-state index contributed by atoms with van der Waals surface area (Å²) in [4.78, 5) is 0. The van der Waals surface area contributed by atoms with Crippen LogP contribution in [0.2, 0.25) is 0 Å². The number of hydrogen-bond acceptors (Lipinski definition) is 3. The van der Waals surface area contributed by atoms with Crippen molar-refractivity contribution in [2.24, 2.45) is 11.8 Å². The van der Waals surface area contributed by atoms with Crippen LogP contribution in [-0.4, -0.2) is 31.8 Å². The van der Waals surface area contributed by atoms with Gasteiger partial charge in [-0.25, -0.2) is 5.01 Å². The van der Waals surface area contributed by atoms with Crippen LogP contribution in [0.4, 0.5) is 0 Å². The van der Waals surface area contributed by atoms with Crippen molar-refractivity contribution in [2.75, 3.05) is 26.8 Å². The molecule has 0 bridgehead atoms. The number of ether oxygens (including phenoxy) is 1. The summed E-state index contributed by atoms with van der Waals surface area (Å²) in [5, 5.41) is 1.88. The molecule has 2 N–H and O–H groups in total. The fourth-order valence-electron chi connectivity index (χ4n) is 1.47. The lowest BCUT2D eigenvalue weighted by Crippen LogP contribution is -2.41. The highest BCUT2D eigenvalue weighted by molar-refractivity contribution is 4.68. The van der Waals surface area contributed by atoms with Gasteiger partial charge in [-0.2, -0.15) is 0 Å². The van der Waals surface area contributed by atoms with Crippen LogP contribution in [0.25, 0.3) is 0 Å². The van der Waals surface area contributed by atoms with Crippen molar-refractivity contribution in [3.63, 3.8) is 0 Å². The molecule has 1 atom stereocenters. The zero-order chi connectivity index (χ0) is 7.40. The quantitative estimate of drug-likeness (QED) is 0.563. The van der Waals surface area contributed by atoms with Gasteiger partial charge >= 0.3 is 0 Å². The van der Waals surface area contributed by atoms with Crippen LogP contribution in [0, 0.1) is 5.92 Å². The Morgan fingerprint density at radius 3 is 3.10 bits per heavy atom. The Kier molecular flexibility index (Phi) is 3.12. The standard InChI is InChI=1S/C7H16N2O/c1-10-6-7-3-2-4-9(8)5-7/h7H,2-6,8H2,1H3/t7-/m1/s1. The summed E-state index contributed by atoms with van der Waals surface area (Å²) in [6, 6.07) is 0. The Morgan fingerprint density at radius 2 is 2.50 bits per heavy atom. The van der Waals surface area contributed by atoms with E-state index < -0.39 is 0 Å². The third kappa shape index (κ3) is 2.25. The first-order valence-corrected chi connectivity index (χ1v) is 3.81. The number of methoxy groups -OCH3 is 1. The summed E-state index contributed by atoms with van der Waals surface area (Å²) in [7, 11) is 1.75. The fourth-order valence-corrected chi connectivity index (χ4v) is 1.47. The molecule has 0 radical (unpaired) electrons. The minimum atomic E-state index is 0.656. The first kappa shape index (κ1) is 7.98. The van der Waals surface area contributed by atoms with Crippen LogP contribution in [0.5, 0.6) is 0 Å². The van der Waals surface area contributed by atoms with Gasteiger partial charge in [-0.05, 0) is 18.8 Å². The van der Waals surface area contributed by atoms with E-state index in [2.05, 4.69) is 0 Å². The molecule has 1 rings (SSSR count). The average Bonchev–Trinajstić information content (AvgIpc) is 1.88. The normalized spacial score (nSPS) is 28.8. The second kappa shape index (κ2) is 3.91. The molecule has 0 aromatic heterocycles. The van der Waals surface area contributed by atoms with Crippen LogP contribution in [0.15, 0.2) is 0 Å². The highest BCUT2D eigenvalue weighted by atomic mass is 16.5. The summed E-state index contributed by atoms with van der Waals surface area (Å²) in [6.07, 6.45) is 2.48.